The summed E-state index contributed by atoms with van der Waals surface area (Å²) in [4.78, 5) is 11.2. The summed E-state index contributed by atoms with van der Waals surface area (Å²) in [6.45, 7) is 2.56. The lowest BCUT2D eigenvalue weighted by Gasteiger charge is -2.06. The average molecular weight is 228 g/mol. The van der Waals surface area contributed by atoms with Crippen molar-refractivity contribution in [1.29, 1.82) is 0 Å². The van der Waals surface area contributed by atoms with E-state index < -0.39 is 0 Å². The normalized spacial score (nSPS) is 9.73. The van der Waals surface area contributed by atoms with E-state index in [1.165, 1.54) is 0 Å². The highest BCUT2D eigenvalue weighted by molar-refractivity contribution is 6.19. The number of nitrogens with one attached hydrogen (secondary N) is 1. The molecule has 0 saturated carbocycles. The summed E-state index contributed by atoms with van der Waals surface area (Å²) in [5.74, 6) is 1.06. The van der Waals surface area contributed by atoms with Gasteiger partial charge in [0.05, 0.1) is 6.61 Å². The average Bonchev–Trinajstić information content (AvgIpc) is 2.22. The smallest absolute Gasteiger partial charge is 0.225 e. The number of amides is 1. The summed E-state index contributed by atoms with van der Waals surface area (Å²) < 4.78 is 5.28. The van der Waals surface area contributed by atoms with Crippen LogP contribution in [0.25, 0.3) is 0 Å². The lowest BCUT2D eigenvalue weighted by Crippen LogP contribution is -2.11. The van der Waals surface area contributed by atoms with Crippen LogP contribution in [0.1, 0.15) is 13.3 Å². The zero-order chi connectivity index (χ0) is 11.1. The second-order valence-electron chi connectivity index (χ2n) is 2.94. The van der Waals surface area contributed by atoms with Gasteiger partial charge in [-0.15, -0.1) is 11.6 Å². The molecule has 0 bridgehead atoms. The Kier molecular flexibility index (Phi) is 4.98. The molecular weight excluding hydrogens is 214 g/mol. The second-order valence-corrected chi connectivity index (χ2v) is 3.32. The molecule has 0 spiro atoms. The minimum absolute atomic E-state index is 0.0749. The monoisotopic (exact) mass is 227 g/mol. The molecule has 3 nitrogen and oxygen atoms in total. The van der Waals surface area contributed by atoms with Crippen molar-refractivity contribution >= 4 is 23.2 Å². The van der Waals surface area contributed by atoms with E-state index in [-0.39, 0.29) is 5.91 Å². The molecular formula is C11H14ClNO2. The highest BCUT2D eigenvalue weighted by Crippen LogP contribution is 2.15. The number of halogens is 1. The van der Waals surface area contributed by atoms with Gasteiger partial charge in [0, 0.05) is 18.0 Å². The predicted octanol–water partition coefficient (Wildman–Crippen LogP) is 2.65. The number of rotatable bonds is 5. The third-order valence-corrected chi connectivity index (χ3v) is 1.96. The van der Waals surface area contributed by atoms with Gasteiger partial charge in [0.2, 0.25) is 5.91 Å². The molecule has 0 atom stereocenters. The van der Waals surface area contributed by atoms with Gasteiger partial charge in [0.1, 0.15) is 5.75 Å². The van der Waals surface area contributed by atoms with Gasteiger partial charge in [-0.1, -0.05) is 0 Å². The molecule has 1 aromatic carbocycles. The van der Waals surface area contributed by atoms with Crippen molar-refractivity contribution in [3.05, 3.63) is 24.3 Å². The summed E-state index contributed by atoms with van der Waals surface area (Å²) in [5.41, 5.74) is 0.758. The van der Waals surface area contributed by atoms with Gasteiger partial charge in [0.15, 0.2) is 0 Å². The highest BCUT2D eigenvalue weighted by Gasteiger charge is 2.00. The molecule has 0 unspecified atom stereocenters. The van der Waals surface area contributed by atoms with Gasteiger partial charge < -0.3 is 10.1 Å². The number of ether oxygens (including phenoxy) is 1. The molecule has 0 radical (unpaired) electrons. The molecule has 15 heavy (non-hydrogen) atoms. The number of hydrogen-bond acceptors (Lipinski definition) is 2. The number of benzene rings is 1. The highest BCUT2D eigenvalue weighted by atomic mass is 35.5. The van der Waals surface area contributed by atoms with Crippen LogP contribution in [-0.2, 0) is 4.79 Å². The number of carbonyl (C=O) groups is 1. The molecule has 1 amide bonds. The summed E-state index contributed by atoms with van der Waals surface area (Å²) in [5, 5.41) is 2.73. The van der Waals surface area contributed by atoms with Crippen molar-refractivity contribution in [2.75, 3.05) is 17.8 Å². The van der Waals surface area contributed by atoms with Crippen LogP contribution >= 0.6 is 11.6 Å². The molecule has 1 rings (SSSR count). The van der Waals surface area contributed by atoms with E-state index in [4.69, 9.17) is 16.3 Å². The van der Waals surface area contributed by atoms with E-state index >= 15 is 0 Å². The molecule has 0 saturated heterocycles. The molecule has 0 fully saturated rings. The largest absolute Gasteiger partial charge is 0.494 e. The molecule has 82 valence electrons. The summed E-state index contributed by atoms with van der Waals surface area (Å²) in [6.07, 6.45) is 0.328. The van der Waals surface area contributed by atoms with Gasteiger partial charge in [-0.3, -0.25) is 4.79 Å². The fourth-order valence-electron chi connectivity index (χ4n) is 1.11. The third-order valence-electron chi connectivity index (χ3n) is 1.77. The van der Waals surface area contributed by atoms with Crippen molar-refractivity contribution in [3.8, 4) is 5.75 Å². The molecule has 0 aliphatic rings. The Bertz CT molecular complexity index is 311. The molecule has 4 heteroatoms. The summed E-state index contributed by atoms with van der Waals surface area (Å²) in [7, 11) is 0. The standard InChI is InChI=1S/C11H14ClNO2/c1-2-15-10-5-3-9(4-6-10)13-11(14)7-8-12/h3-6H,2,7-8H2,1H3,(H,13,14). The van der Waals surface area contributed by atoms with Crippen molar-refractivity contribution in [1.82, 2.24) is 0 Å². The van der Waals surface area contributed by atoms with Crippen LogP contribution in [0.4, 0.5) is 5.69 Å². The first-order valence-electron chi connectivity index (χ1n) is 4.85. The maximum atomic E-state index is 11.2. The van der Waals surface area contributed by atoms with E-state index in [1.54, 1.807) is 12.1 Å². The van der Waals surface area contributed by atoms with Crippen LogP contribution in [0.3, 0.4) is 0 Å². The van der Waals surface area contributed by atoms with Crippen LogP contribution in [0.15, 0.2) is 24.3 Å². The van der Waals surface area contributed by atoms with Gasteiger partial charge >= 0.3 is 0 Å². The molecule has 0 aromatic heterocycles. The minimum atomic E-state index is -0.0749. The van der Waals surface area contributed by atoms with E-state index in [2.05, 4.69) is 5.32 Å². The van der Waals surface area contributed by atoms with E-state index in [0.29, 0.717) is 18.9 Å². The first-order chi connectivity index (χ1) is 7.26. The number of carbonyl (C=O) groups excluding carboxylic acids is 1. The quantitative estimate of drug-likeness (QED) is 0.786. The lowest BCUT2D eigenvalue weighted by atomic mass is 10.3. The lowest BCUT2D eigenvalue weighted by molar-refractivity contribution is -0.115. The maximum Gasteiger partial charge on any atom is 0.225 e. The molecule has 0 aliphatic carbocycles. The van der Waals surface area contributed by atoms with Crippen molar-refractivity contribution in [2.24, 2.45) is 0 Å². The van der Waals surface area contributed by atoms with Crippen molar-refractivity contribution in [2.45, 2.75) is 13.3 Å². The first kappa shape index (κ1) is 11.9. The minimum Gasteiger partial charge on any atom is -0.494 e. The SMILES string of the molecule is CCOc1ccc(NC(=O)CCCl)cc1. The Morgan fingerprint density at radius 1 is 1.40 bits per heavy atom. The Morgan fingerprint density at radius 2 is 2.07 bits per heavy atom. The molecule has 1 aromatic rings. The second kappa shape index (κ2) is 6.30. The maximum absolute atomic E-state index is 11.2. The zero-order valence-corrected chi connectivity index (χ0v) is 9.38. The van der Waals surface area contributed by atoms with E-state index in [1.807, 2.05) is 19.1 Å². The van der Waals surface area contributed by atoms with Crippen LogP contribution in [0.2, 0.25) is 0 Å². The van der Waals surface area contributed by atoms with Crippen LogP contribution in [-0.4, -0.2) is 18.4 Å². The molecule has 0 heterocycles. The predicted molar refractivity (Wildman–Crippen MR) is 61.6 cm³/mol. The first-order valence-corrected chi connectivity index (χ1v) is 5.38. The third kappa shape index (κ3) is 4.21. The summed E-state index contributed by atoms with van der Waals surface area (Å²) in [6, 6.07) is 7.24. The van der Waals surface area contributed by atoms with E-state index in [0.717, 1.165) is 11.4 Å². The van der Waals surface area contributed by atoms with E-state index in [9.17, 15) is 4.79 Å². The Morgan fingerprint density at radius 3 is 2.60 bits per heavy atom. The fourth-order valence-corrected chi connectivity index (χ4v) is 1.28. The fraction of sp³-hybridized carbons (Fsp3) is 0.364. The van der Waals surface area contributed by atoms with Crippen molar-refractivity contribution < 1.29 is 9.53 Å². The van der Waals surface area contributed by atoms with Crippen LogP contribution < -0.4 is 10.1 Å². The Balaban J connectivity index is 2.52. The Labute approximate surface area is 94.4 Å². The molecule has 0 aliphatic heterocycles. The topological polar surface area (TPSA) is 38.3 Å². The zero-order valence-electron chi connectivity index (χ0n) is 8.63. The number of anilines is 1. The van der Waals surface area contributed by atoms with Gasteiger partial charge in [-0.25, -0.2) is 0 Å². The van der Waals surface area contributed by atoms with Crippen LogP contribution in [0, 0.1) is 0 Å². The Hall–Kier alpha value is -1.22. The van der Waals surface area contributed by atoms with Crippen LogP contribution in [0.5, 0.6) is 5.75 Å². The number of hydrogen-bond donors (Lipinski definition) is 1. The molecule has 1 N–H and O–H groups in total. The number of alkyl halides is 1. The van der Waals surface area contributed by atoms with Gasteiger partial charge in [-0.2, -0.15) is 0 Å². The van der Waals surface area contributed by atoms with Gasteiger partial charge in [0.25, 0.3) is 0 Å². The van der Waals surface area contributed by atoms with Crippen molar-refractivity contribution in [3.63, 3.8) is 0 Å². The van der Waals surface area contributed by atoms with Gasteiger partial charge in [-0.05, 0) is 31.2 Å². The summed E-state index contributed by atoms with van der Waals surface area (Å²) >= 11 is 5.45.